The van der Waals surface area contributed by atoms with Gasteiger partial charge in [0.25, 0.3) is 0 Å². The van der Waals surface area contributed by atoms with Crippen molar-refractivity contribution >= 4 is 37.5 Å². The number of benzene rings is 1. The number of nitrogens with one attached hydrogen (secondary N) is 1. The number of anilines is 1. The minimum absolute atomic E-state index is 0.216. The Morgan fingerprint density at radius 1 is 1.11 bits per heavy atom. The maximum absolute atomic E-state index is 13.5. The summed E-state index contributed by atoms with van der Waals surface area (Å²) >= 11 is 6.27. The maximum atomic E-state index is 13.5. The molecule has 0 fully saturated rings. The fourth-order valence-corrected chi connectivity index (χ4v) is 2.12. The van der Waals surface area contributed by atoms with Crippen molar-refractivity contribution in [3.8, 4) is 0 Å². The van der Waals surface area contributed by atoms with Crippen LogP contribution in [0.25, 0.3) is 0 Å². The van der Waals surface area contributed by atoms with Crippen LogP contribution in [0.15, 0.2) is 39.4 Å². The Morgan fingerprint density at radius 3 is 2.61 bits per heavy atom. The Bertz CT molecular complexity index is 576. The van der Waals surface area contributed by atoms with E-state index < -0.39 is 11.6 Å². The normalized spacial score (nSPS) is 10.4. The Morgan fingerprint density at radius 2 is 1.89 bits per heavy atom. The van der Waals surface area contributed by atoms with E-state index in [1.165, 1.54) is 6.07 Å². The third kappa shape index (κ3) is 3.26. The Kier molecular flexibility index (Phi) is 4.29. The van der Waals surface area contributed by atoms with Crippen molar-refractivity contribution in [2.45, 2.75) is 6.54 Å². The van der Waals surface area contributed by atoms with Crippen LogP contribution in [0.3, 0.4) is 0 Å². The topological polar surface area (TPSA) is 24.9 Å². The van der Waals surface area contributed by atoms with Crippen molar-refractivity contribution in [1.29, 1.82) is 0 Å². The van der Waals surface area contributed by atoms with E-state index in [2.05, 4.69) is 42.2 Å². The molecule has 6 heteroatoms. The monoisotopic (exact) mass is 376 g/mol. The summed E-state index contributed by atoms with van der Waals surface area (Å²) in [5.74, 6) is -1.26. The van der Waals surface area contributed by atoms with E-state index >= 15 is 0 Å². The van der Waals surface area contributed by atoms with Crippen molar-refractivity contribution in [1.82, 2.24) is 4.98 Å². The molecule has 1 aromatic heterocycles. The van der Waals surface area contributed by atoms with Crippen LogP contribution < -0.4 is 5.32 Å². The van der Waals surface area contributed by atoms with Crippen molar-refractivity contribution in [2.24, 2.45) is 0 Å². The Balaban J connectivity index is 2.13. The smallest absolute Gasteiger partial charge is 0.149 e. The second-order valence-electron chi connectivity index (χ2n) is 3.55. The molecule has 0 bridgehead atoms. The van der Waals surface area contributed by atoms with Crippen LogP contribution in [0.1, 0.15) is 5.69 Å². The van der Waals surface area contributed by atoms with Gasteiger partial charge in [0.05, 0.1) is 22.4 Å². The molecular formula is C12H8Br2F2N2. The molecule has 1 heterocycles. The summed E-state index contributed by atoms with van der Waals surface area (Å²) in [5, 5.41) is 2.87. The number of rotatable bonds is 3. The van der Waals surface area contributed by atoms with E-state index in [1.54, 1.807) is 6.07 Å². The van der Waals surface area contributed by atoms with Crippen molar-refractivity contribution in [3.63, 3.8) is 0 Å². The molecule has 1 aromatic carbocycles. The van der Waals surface area contributed by atoms with Gasteiger partial charge in [-0.15, -0.1) is 0 Å². The highest BCUT2D eigenvalue weighted by atomic mass is 79.9. The third-order valence-electron chi connectivity index (χ3n) is 2.24. The molecule has 0 spiro atoms. The number of hydrogen-bond donors (Lipinski definition) is 1. The Hall–Kier alpha value is -1.01. The molecule has 0 saturated carbocycles. The van der Waals surface area contributed by atoms with Gasteiger partial charge in [-0.1, -0.05) is 6.07 Å². The zero-order valence-electron chi connectivity index (χ0n) is 9.05. The highest BCUT2D eigenvalue weighted by Crippen LogP contribution is 2.24. The number of hydrogen-bond acceptors (Lipinski definition) is 2. The van der Waals surface area contributed by atoms with Crippen LogP contribution in [-0.4, -0.2) is 4.98 Å². The standard InChI is InChI=1S/C12H8Br2F2N2/c13-8-4-11(10(16)5-9(8)15)17-6-7-2-1-3-12(14)18-7/h1-5,17H,6H2. The van der Waals surface area contributed by atoms with Gasteiger partial charge in [-0.3, -0.25) is 0 Å². The Labute approximate surface area is 120 Å². The molecule has 0 amide bonds. The molecule has 0 aliphatic heterocycles. The lowest BCUT2D eigenvalue weighted by Crippen LogP contribution is -2.04. The van der Waals surface area contributed by atoms with Crippen LogP contribution in [0.4, 0.5) is 14.5 Å². The minimum atomic E-state index is -0.634. The maximum Gasteiger partial charge on any atom is 0.149 e. The molecule has 0 atom stereocenters. The van der Waals surface area contributed by atoms with E-state index in [-0.39, 0.29) is 10.2 Å². The highest BCUT2D eigenvalue weighted by molar-refractivity contribution is 9.10. The van der Waals surface area contributed by atoms with E-state index in [4.69, 9.17) is 0 Å². The van der Waals surface area contributed by atoms with Gasteiger partial charge in [-0.05, 0) is 50.1 Å². The van der Waals surface area contributed by atoms with Crippen LogP contribution in [-0.2, 0) is 6.54 Å². The van der Waals surface area contributed by atoms with E-state index in [0.717, 1.165) is 11.8 Å². The number of nitrogens with zero attached hydrogens (tertiary/aromatic N) is 1. The fraction of sp³-hybridized carbons (Fsp3) is 0.0833. The van der Waals surface area contributed by atoms with Gasteiger partial charge in [-0.25, -0.2) is 13.8 Å². The number of halogens is 4. The van der Waals surface area contributed by atoms with E-state index in [1.807, 2.05) is 12.1 Å². The lowest BCUT2D eigenvalue weighted by Gasteiger charge is -2.08. The summed E-state index contributed by atoms with van der Waals surface area (Å²) < 4.78 is 27.4. The third-order valence-corrected chi connectivity index (χ3v) is 3.29. The summed E-state index contributed by atoms with van der Waals surface area (Å²) in [6, 6.07) is 7.65. The largest absolute Gasteiger partial charge is 0.377 e. The summed E-state index contributed by atoms with van der Waals surface area (Å²) in [4.78, 5) is 4.20. The molecule has 18 heavy (non-hydrogen) atoms. The molecule has 0 aliphatic carbocycles. The number of pyridine rings is 1. The van der Waals surface area contributed by atoms with Gasteiger partial charge in [0.15, 0.2) is 0 Å². The number of aromatic nitrogens is 1. The second kappa shape index (κ2) is 5.75. The summed E-state index contributed by atoms with van der Waals surface area (Å²) in [7, 11) is 0. The molecule has 0 radical (unpaired) electrons. The zero-order valence-corrected chi connectivity index (χ0v) is 12.2. The fourth-order valence-electron chi connectivity index (χ4n) is 1.39. The quantitative estimate of drug-likeness (QED) is 0.629. The molecule has 2 aromatic rings. The van der Waals surface area contributed by atoms with Crippen molar-refractivity contribution < 1.29 is 8.78 Å². The molecule has 0 saturated heterocycles. The van der Waals surface area contributed by atoms with E-state index in [9.17, 15) is 8.78 Å². The lowest BCUT2D eigenvalue weighted by molar-refractivity contribution is 0.580. The average Bonchev–Trinajstić information content (AvgIpc) is 2.32. The van der Waals surface area contributed by atoms with Gasteiger partial charge in [0.2, 0.25) is 0 Å². The zero-order chi connectivity index (χ0) is 13.1. The van der Waals surface area contributed by atoms with Gasteiger partial charge in [-0.2, -0.15) is 0 Å². The summed E-state index contributed by atoms with van der Waals surface area (Å²) in [5.41, 5.74) is 0.981. The first-order chi connectivity index (χ1) is 8.56. The lowest BCUT2D eigenvalue weighted by atomic mass is 10.3. The van der Waals surface area contributed by atoms with Gasteiger partial charge in [0.1, 0.15) is 16.2 Å². The van der Waals surface area contributed by atoms with Crippen molar-refractivity contribution in [2.75, 3.05) is 5.32 Å². The molecule has 2 rings (SSSR count). The van der Waals surface area contributed by atoms with Crippen LogP contribution in [0.2, 0.25) is 0 Å². The first kappa shape index (κ1) is 13.4. The molecular weight excluding hydrogens is 370 g/mol. The van der Waals surface area contributed by atoms with Gasteiger partial charge in [0, 0.05) is 6.07 Å². The molecule has 0 unspecified atom stereocenters. The first-order valence-corrected chi connectivity index (χ1v) is 6.64. The summed E-state index contributed by atoms with van der Waals surface area (Å²) in [6.45, 7) is 0.356. The average molecular weight is 378 g/mol. The SMILES string of the molecule is Fc1cc(F)c(NCc2cccc(Br)n2)cc1Br. The van der Waals surface area contributed by atoms with Crippen LogP contribution >= 0.6 is 31.9 Å². The van der Waals surface area contributed by atoms with Gasteiger partial charge < -0.3 is 5.32 Å². The van der Waals surface area contributed by atoms with Crippen LogP contribution in [0, 0.1) is 11.6 Å². The molecule has 1 N–H and O–H groups in total. The molecule has 0 aliphatic rings. The first-order valence-electron chi connectivity index (χ1n) is 5.06. The van der Waals surface area contributed by atoms with Gasteiger partial charge >= 0.3 is 0 Å². The predicted octanol–water partition coefficient (Wildman–Crippen LogP) is 4.50. The van der Waals surface area contributed by atoms with Crippen molar-refractivity contribution in [3.05, 3.63) is 56.7 Å². The van der Waals surface area contributed by atoms with E-state index in [0.29, 0.717) is 11.1 Å². The molecule has 94 valence electrons. The van der Waals surface area contributed by atoms with Crippen LogP contribution in [0.5, 0.6) is 0 Å². The second-order valence-corrected chi connectivity index (χ2v) is 5.22. The minimum Gasteiger partial charge on any atom is -0.377 e. The molecule has 2 nitrogen and oxygen atoms in total. The summed E-state index contributed by atoms with van der Waals surface area (Å²) in [6.07, 6.45) is 0. The highest BCUT2D eigenvalue weighted by Gasteiger charge is 2.08. The predicted molar refractivity (Wildman–Crippen MR) is 73.3 cm³/mol.